The molecule has 0 radical (unpaired) electrons. The van der Waals surface area contributed by atoms with Gasteiger partial charge in [0.25, 0.3) is 5.91 Å². The highest BCUT2D eigenvalue weighted by atomic mass is 32.2. The van der Waals surface area contributed by atoms with E-state index >= 15 is 0 Å². The first kappa shape index (κ1) is 21.7. The van der Waals surface area contributed by atoms with E-state index < -0.39 is 10.2 Å². The van der Waals surface area contributed by atoms with Gasteiger partial charge < -0.3 is 10.1 Å². The third-order valence-electron chi connectivity index (χ3n) is 4.20. The average Bonchev–Trinajstić information content (AvgIpc) is 2.66. The van der Waals surface area contributed by atoms with Gasteiger partial charge in [-0.2, -0.15) is 12.7 Å². The molecule has 1 N–H and O–H groups in total. The quantitative estimate of drug-likeness (QED) is 0.732. The molecule has 0 saturated carbocycles. The van der Waals surface area contributed by atoms with E-state index in [1.165, 1.54) is 21.1 Å². The molecule has 0 heterocycles. The number of nitrogens with zero attached hydrogens (tertiary/aromatic N) is 2. The van der Waals surface area contributed by atoms with Crippen LogP contribution in [-0.2, 0) is 10.2 Å². The summed E-state index contributed by atoms with van der Waals surface area (Å²) in [5.41, 5.74) is 2.07. The van der Waals surface area contributed by atoms with Crippen molar-refractivity contribution in [1.29, 1.82) is 0 Å². The molecular weight excluding hydrogens is 378 g/mol. The van der Waals surface area contributed by atoms with Gasteiger partial charge in [-0.25, -0.2) is 0 Å². The van der Waals surface area contributed by atoms with Crippen molar-refractivity contribution in [1.82, 2.24) is 9.62 Å². The van der Waals surface area contributed by atoms with Crippen LogP contribution in [0, 0.1) is 6.92 Å². The minimum atomic E-state index is -3.57. The molecule has 0 spiro atoms. The van der Waals surface area contributed by atoms with Gasteiger partial charge in [-0.3, -0.25) is 9.10 Å². The predicted octanol–water partition coefficient (Wildman–Crippen LogP) is 2.43. The molecule has 1 atom stereocenters. The fraction of sp³-hybridized carbons (Fsp3) is 0.350. The maximum Gasteiger partial charge on any atom is 0.303 e. The number of carbonyl (C=O) groups is 1. The van der Waals surface area contributed by atoms with Crippen molar-refractivity contribution in [3.63, 3.8) is 0 Å². The smallest absolute Gasteiger partial charge is 0.303 e. The third kappa shape index (κ3) is 5.46. The number of aryl methyl sites for hydroxylation is 1. The largest absolute Gasteiger partial charge is 0.491 e. The van der Waals surface area contributed by atoms with Crippen LogP contribution in [0.25, 0.3) is 0 Å². The summed E-state index contributed by atoms with van der Waals surface area (Å²) in [6.45, 7) is 4.21. The Hall–Kier alpha value is -2.58. The number of nitrogens with one attached hydrogen (secondary N) is 1. The van der Waals surface area contributed by atoms with Crippen molar-refractivity contribution in [2.75, 3.05) is 32.1 Å². The number of hydrogen-bond acceptors (Lipinski definition) is 4. The van der Waals surface area contributed by atoms with Crippen LogP contribution in [0.2, 0.25) is 0 Å². The van der Waals surface area contributed by atoms with Crippen LogP contribution in [0.3, 0.4) is 0 Å². The monoisotopic (exact) mass is 405 g/mol. The number of anilines is 1. The van der Waals surface area contributed by atoms with Crippen LogP contribution in [0.4, 0.5) is 5.69 Å². The lowest BCUT2D eigenvalue weighted by Crippen LogP contribution is -2.37. The van der Waals surface area contributed by atoms with E-state index in [0.29, 0.717) is 17.9 Å². The molecule has 0 aliphatic heterocycles. The van der Waals surface area contributed by atoms with Gasteiger partial charge in [0.1, 0.15) is 12.4 Å². The molecule has 0 aliphatic carbocycles. The van der Waals surface area contributed by atoms with Gasteiger partial charge in [0.15, 0.2) is 0 Å². The third-order valence-corrected chi connectivity index (χ3v) is 6.02. The maximum atomic E-state index is 12.4. The summed E-state index contributed by atoms with van der Waals surface area (Å²) in [4.78, 5) is 12.4. The number of rotatable bonds is 8. The first-order valence-corrected chi connectivity index (χ1v) is 10.3. The zero-order chi connectivity index (χ0) is 20.9. The number of ether oxygens (including phenoxy) is 1. The lowest BCUT2D eigenvalue weighted by molar-refractivity contribution is 0.0926. The first-order valence-electron chi connectivity index (χ1n) is 8.88. The summed E-state index contributed by atoms with van der Waals surface area (Å²) in [6, 6.07) is 13.9. The summed E-state index contributed by atoms with van der Waals surface area (Å²) >= 11 is 0. The molecular formula is C20H27N3O4S. The van der Waals surface area contributed by atoms with Gasteiger partial charge in [0.2, 0.25) is 0 Å². The molecule has 0 aliphatic rings. The highest BCUT2D eigenvalue weighted by Gasteiger charge is 2.21. The Morgan fingerprint density at radius 3 is 2.14 bits per heavy atom. The molecule has 0 aromatic heterocycles. The molecule has 2 aromatic carbocycles. The van der Waals surface area contributed by atoms with E-state index in [1.54, 1.807) is 24.3 Å². The predicted molar refractivity (Wildman–Crippen MR) is 111 cm³/mol. The highest BCUT2D eigenvalue weighted by molar-refractivity contribution is 7.90. The van der Waals surface area contributed by atoms with Crippen LogP contribution in [0.1, 0.15) is 22.8 Å². The molecule has 2 aromatic rings. The summed E-state index contributed by atoms with van der Waals surface area (Å²) in [5, 5.41) is 2.87. The van der Waals surface area contributed by atoms with E-state index in [1.807, 2.05) is 38.1 Å². The average molecular weight is 406 g/mol. The minimum absolute atomic E-state index is 0.190. The first-order chi connectivity index (χ1) is 13.1. The zero-order valence-electron chi connectivity index (χ0n) is 16.8. The van der Waals surface area contributed by atoms with Crippen LogP contribution in [0.15, 0.2) is 48.5 Å². The van der Waals surface area contributed by atoms with Crippen molar-refractivity contribution in [2.45, 2.75) is 19.9 Å². The van der Waals surface area contributed by atoms with Crippen molar-refractivity contribution in [3.8, 4) is 5.75 Å². The summed E-state index contributed by atoms with van der Waals surface area (Å²) in [6.07, 6.45) is 0. The summed E-state index contributed by atoms with van der Waals surface area (Å²) in [5.74, 6) is 0.505. The summed E-state index contributed by atoms with van der Waals surface area (Å²) < 4.78 is 32.3. The van der Waals surface area contributed by atoms with Crippen LogP contribution in [-0.4, -0.2) is 52.4 Å². The number of amides is 1. The highest BCUT2D eigenvalue weighted by Crippen LogP contribution is 2.18. The maximum absolute atomic E-state index is 12.4. The minimum Gasteiger partial charge on any atom is -0.491 e. The van der Waals surface area contributed by atoms with Gasteiger partial charge in [-0.1, -0.05) is 17.7 Å². The van der Waals surface area contributed by atoms with Gasteiger partial charge in [0, 0.05) is 26.7 Å². The van der Waals surface area contributed by atoms with Gasteiger partial charge in [-0.05, 0) is 50.2 Å². The molecule has 0 unspecified atom stereocenters. The Morgan fingerprint density at radius 1 is 1.04 bits per heavy atom. The van der Waals surface area contributed by atoms with E-state index in [2.05, 4.69) is 5.32 Å². The second-order valence-electron chi connectivity index (χ2n) is 6.80. The normalized spacial score (nSPS) is 12.5. The van der Waals surface area contributed by atoms with Crippen molar-refractivity contribution >= 4 is 21.8 Å². The molecule has 1 amide bonds. The SMILES string of the molecule is Cc1ccc(OC[C@@H](C)NC(=O)c2ccc(N(C)S(=O)(=O)N(C)C)cc2)cc1. The number of carbonyl (C=O) groups excluding carboxylic acids is 1. The van der Waals surface area contributed by atoms with Crippen molar-refractivity contribution in [3.05, 3.63) is 59.7 Å². The lowest BCUT2D eigenvalue weighted by atomic mass is 10.2. The van der Waals surface area contributed by atoms with Gasteiger partial charge in [-0.15, -0.1) is 0 Å². The zero-order valence-corrected chi connectivity index (χ0v) is 17.7. The molecule has 0 saturated heterocycles. The van der Waals surface area contributed by atoms with E-state index in [9.17, 15) is 13.2 Å². The Labute approximate surface area is 167 Å². The Kier molecular flexibility index (Phi) is 7.04. The van der Waals surface area contributed by atoms with E-state index in [-0.39, 0.29) is 11.9 Å². The fourth-order valence-electron chi connectivity index (χ4n) is 2.41. The molecule has 8 heteroatoms. The Morgan fingerprint density at radius 2 is 1.61 bits per heavy atom. The molecule has 0 fully saturated rings. The van der Waals surface area contributed by atoms with Crippen molar-refractivity contribution in [2.24, 2.45) is 0 Å². The summed E-state index contributed by atoms with van der Waals surface area (Å²) in [7, 11) is 0.830. The Bertz CT molecular complexity index is 894. The molecule has 7 nitrogen and oxygen atoms in total. The van der Waals surface area contributed by atoms with Crippen LogP contribution >= 0.6 is 0 Å². The second-order valence-corrected chi connectivity index (χ2v) is 8.98. The topological polar surface area (TPSA) is 79.0 Å². The molecule has 152 valence electrons. The number of benzene rings is 2. The van der Waals surface area contributed by atoms with Gasteiger partial charge >= 0.3 is 10.2 Å². The number of hydrogen-bond donors (Lipinski definition) is 1. The van der Waals surface area contributed by atoms with Crippen LogP contribution in [0.5, 0.6) is 5.75 Å². The van der Waals surface area contributed by atoms with Crippen LogP contribution < -0.4 is 14.4 Å². The van der Waals surface area contributed by atoms with Crippen molar-refractivity contribution < 1.29 is 17.9 Å². The van der Waals surface area contributed by atoms with E-state index in [0.717, 1.165) is 19.9 Å². The Balaban J connectivity index is 1.94. The molecule has 28 heavy (non-hydrogen) atoms. The van der Waals surface area contributed by atoms with Gasteiger partial charge in [0.05, 0.1) is 11.7 Å². The lowest BCUT2D eigenvalue weighted by Gasteiger charge is -2.23. The second kappa shape index (κ2) is 9.07. The fourth-order valence-corrected chi connectivity index (χ4v) is 3.28. The standard InChI is InChI=1S/C20H27N3O4S/c1-15-6-12-19(13-7-15)27-14-16(2)21-20(24)17-8-10-18(11-9-17)23(5)28(25,26)22(3)4/h6-13,16H,14H2,1-5H3,(H,21,24)/t16-/m1/s1. The van der Waals surface area contributed by atoms with E-state index in [4.69, 9.17) is 4.74 Å². The molecule has 0 bridgehead atoms. The molecule has 2 rings (SSSR count).